The summed E-state index contributed by atoms with van der Waals surface area (Å²) >= 11 is 0. The molecule has 0 rings (SSSR count). The van der Waals surface area contributed by atoms with Crippen molar-refractivity contribution in [3.8, 4) is 0 Å². The molecule has 2 unspecified atom stereocenters. The predicted octanol–water partition coefficient (Wildman–Crippen LogP) is 12.9. The van der Waals surface area contributed by atoms with Gasteiger partial charge in [0.1, 0.15) is 18.2 Å². The summed E-state index contributed by atoms with van der Waals surface area (Å²) in [6.45, 7) is 3.74. The third-order valence-electron chi connectivity index (χ3n) is 10.2. The molecule has 0 heterocycles. The third-order valence-corrected chi connectivity index (χ3v) is 11.1. The summed E-state index contributed by atoms with van der Waals surface area (Å²) in [4.78, 5) is 48.0. The van der Waals surface area contributed by atoms with Crippen LogP contribution in [-0.4, -0.2) is 49.2 Å². The Labute approximate surface area is 331 Å². The molecule has 0 bridgehead atoms. The van der Waals surface area contributed by atoms with Crippen molar-refractivity contribution < 1.29 is 42.4 Å². The van der Waals surface area contributed by atoms with Crippen LogP contribution in [0.4, 0.5) is 4.79 Å². The molecular formula is C43H84NO9P. The quantitative estimate of drug-likeness (QED) is 0.0264. The number of unbranched alkanes of at least 4 members (excludes halogenated alkanes) is 28. The van der Waals surface area contributed by atoms with Crippen molar-refractivity contribution in [1.29, 1.82) is 0 Å². The number of hydrogen-bond donors (Lipinski definition) is 2. The minimum absolute atomic E-state index is 0.000456. The summed E-state index contributed by atoms with van der Waals surface area (Å²) in [5, 5.41) is 0. The summed E-state index contributed by atoms with van der Waals surface area (Å²) < 4.78 is 31.4. The largest absolute Gasteiger partial charge is 0.532 e. The SMILES string of the molecule is CCCCCCCCCCCCCCCCCC(=O)CC(COP(=O)(O)OC(=O)OCCOCN)C(=O)CCCCCCCCCCCCCCCCC. The summed E-state index contributed by atoms with van der Waals surface area (Å²) in [6, 6.07) is 0. The zero-order valence-corrected chi connectivity index (χ0v) is 35.9. The van der Waals surface area contributed by atoms with Crippen LogP contribution < -0.4 is 5.73 Å². The molecule has 0 aliphatic carbocycles. The van der Waals surface area contributed by atoms with E-state index in [-0.39, 0.29) is 44.4 Å². The van der Waals surface area contributed by atoms with Gasteiger partial charge in [-0.1, -0.05) is 194 Å². The van der Waals surface area contributed by atoms with Crippen molar-refractivity contribution >= 4 is 25.5 Å². The fourth-order valence-corrected chi connectivity index (χ4v) is 7.47. The molecule has 0 aliphatic rings. The van der Waals surface area contributed by atoms with Gasteiger partial charge in [-0.3, -0.25) is 19.0 Å². The third kappa shape index (κ3) is 37.6. The highest BCUT2D eigenvalue weighted by Gasteiger charge is 2.31. The van der Waals surface area contributed by atoms with Crippen molar-refractivity contribution in [3.63, 3.8) is 0 Å². The Morgan fingerprint density at radius 1 is 0.556 bits per heavy atom. The van der Waals surface area contributed by atoms with E-state index < -0.39 is 26.5 Å². The Balaban J connectivity index is 4.44. The second-order valence-corrected chi connectivity index (χ2v) is 16.7. The van der Waals surface area contributed by atoms with Crippen molar-refractivity contribution in [3.05, 3.63) is 0 Å². The topological polar surface area (TPSA) is 151 Å². The fourth-order valence-electron chi connectivity index (χ4n) is 6.81. The smallest absolute Gasteiger partial charge is 0.432 e. The number of phosphoric acid groups is 1. The molecule has 3 N–H and O–H groups in total. The van der Waals surface area contributed by atoms with Crippen LogP contribution in [0.5, 0.6) is 0 Å². The van der Waals surface area contributed by atoms with Gasteiger partial charge in [-0.25, -0.2) is 9.36 Å². The first-order valence-electron chi connectivity index (χ1n) is 22.4. The van der Waals surface area contributed by atoms with E-state index in [0.717, 1.165) is 38.5 Å². The summed E-state index contributed by atoms with van der Waals surface area (Å²) in [5.41, 5.74) is 5.20. The van der Waals surface area contributed by atoms with Gasteiger partial charge in [0.25, 0.3) is 0 Å². The maximum Gasteiger partial charge on any atom is 0.532 e. The van der Waals surface area contributed by atoms with Crippen LogP contribution in [0.15, 0.2) is 0 Å². The molecule has 54 heavy (non-hydrogen) atoms. The van der Waals surface area contributed by atoms with E-state index in [9.17, 15) is 23.8 Å². The molecule has 2 atom stereocenters. The van der Waals surface area contributed by atoms with Gasteiger partial charge in [-0.2, -0.15) is 0 Å². The second-order valence-electron chi connectivity index (χ2n) is 15.3. The Kier molecular flexibility index (Phi) is 38.9. The molecule has 0 aromatic carbocycles. The van der Waals surface area contributed by atoms with E-state index >= 15 is 0 Å². The van der Waals surface area contributed by atoms with Crippen LogP contribution in [0.25, 0.3) is 0 Å². The number of Topliss-reactive ketones (excluding diaryl/α,β-unsaturated/α-hetero) is 2. The molecule has 0 saturated carbocycles. The number of carbonyl (C=O) groups excluding carboxylic acids is 3. The van der Waals surface area contributed by atoms with Gasteiger partial charge in [0.2, 0.25) is 0 Å². The predicted molar refractivity (Wildman–Crippen MR) is 220 cm³/mol. The van der Waals surface area contributed by atoms with Gasteiger partial charge in [0, 0.05) is 25.2 Å². The van der Waals surface area contributed by atoms with Gasteiger partial charge in [-0.05, 0) is 12.8 Å². The highest BCUT2D eigenvalue weighted by Crippen LogP contribution is 2.44. The number of nitrogens with two attached hydrogens (primary N) is 1. The highest BCUT2D eigenvalue weighted by atomic mass is 31.2. The van der Waals surface area contributed by atoms with Gasteiger partial charge < -0.3 is 19.7 Å². The van der Waals surface area contributed by atoms with Crippen LogP contribution in [0, 0.1) is 5.92 Å². The number of phosphoric ester groups is 1. The molecule has 0 radical (unpaired) electrons. The molecule has 11 heteroatoms. The Hall–Kier alpha value is -1.32. The first-order valence-corrected chi connectivity index (χ1v) is 23.9. The normalized spacial score (nSPS) is 13.1. The monoisotopic (exact) mass is 790 g/mol. The highest BCUT2D eigenvalue weighted by molar-refractivity contribution is 7.48. The Morgan fingerprint density at radius 2 is 0.926 bits per heavy atom. The van der Waals surface area contributed by atoms with Crippen molar-refractivity contribution in [2.24, 2.45) is 11.7 Å². The lowest BCUT2D eigenvalue weighted by atomic mass is 9.92. The minimum atomic E-state index is -4.86. The van der Waals surface area contributed by atoms with Crippen molar-refractivity contribution in [2.45, 2.75) is 226 Å². The maximum atomic E-state index is 13.2. The van der Waals surface area contributed by atoms with Crippen LogP contribution in [0.1, 0.15) is 226 Å². The van der Waals surface area contributed by atoms with Crippen LogP contribution in [0.2, 0.25) is 0 Å². The lowest BCUT2D eigenvalue weighted by Gasteiger charge is -2.18. The Morgan fingerprint density at radius 3 is 1.31 bits per heavy atom. The number of ketones is 2. The first kappa shape index (κ1) is 52.7. The van der Waals surface area contributed by atoms with E-state index in [4.69, 9.17) is 15.0 Å². The molecule has 0 fully saturated rings. The molecule has 0 saturated heterocycles. The average molecular weight is 790 g/mol. The number of hydrogen-bond acceptors (Lipinski definition) is 9. The molecule has 0 aromatic heterocycles. The molecule has 0 spiro atoms. The number of carbonyl (C=O) groups is 3. The molecular weight excluding hydrogens is 705 g/mol. The van der Waals surface area contributed by atoms with E-state index in [2.05, 4.69) is 23.1 Å². The van der Waals surface area contributed by atoms with E-state index in [1.807, 2.05) is 0 Å². The standard InChI is InChI=1S/C43H84NO9P/c1-3-5-7-9-11-13-15-17-19-21-23-25-27-29-31-33-41(45)37-40(38-52-54(48,49)53-43(47)51-36-35-50-39-44)42(46)34-32-30-28-26-24-22-20-18-16-14-12-10-8-6-4-2/h40H,3-39,44H2,1-2H3,(H,48,49). The summed E-state index contributed by atoms with van der Waals surface area (Å²) in [6.07, 6.45) is 36.2. The molecule has 0 aromatic rings. The molecule has 320 valence electrons. The zero-order valence-electron chi connectivity index (χ0n) is 35.0. The summed E-state index contributed by atoms with van der Waals surface area (Å²) in [7, 11) is -4.86. The Bertz CT molecular complexity index is 919. The molecule has 0 aliphatic heterocycles. The van der Waals surface area contributed by atoms with Crippen molar-refractivity contribution in [2.75, 3.05) is 26.6 Å². The lowest BCUT2D eigenvalue weighted by molar-refractivity contribution is -0.129. The second kappa shape index (κ2) is 39.9. The minimum Gasteiger partial charge on any atom is -0.432 e. The van der Waals surface area contributed by atoms with E-state index in [0.29, 0.717) is 12.8 Å². The number of ether oxygens (including phenoxy) is 2. The molecule has 0 amide bonds. The van der Waals surface area contributed by atoms with Crippen LogP contribution in [-0.2, 0) is 32.7 Å². The number of rotatable bonds is 43. The summed E-state index contributed by atoms with van der Waals surface area (Å²) in [5.74, 6) is -1.11. The first-order chi connectivity index (χ1) is 26.3. The zero-order chi connectivity index (χ0) is 39.8. The van der Waals surface area contributed by atoms with E-state index in [1.54, 1.807) is 0 Å². The van der Waals surface area contributed by atoms with Gasteiger partial charge in [0.15, 0.2) is 0 Å². The van der Waals surface area contributed by atoms with Crippen molar-refractivity contribution in [1.82, 2.24) is 0 Å². The van der Waals surface area contributed by atoms with Gasteiger partial charge >= 0.3 is 14.0 Å². The van der Waals surface area contributed by atoms with Crippen LogP contribution >= 0.6 is 7.82 Å². The fraction of sp³-hybridized carbons (Fsp3) is 0.930. The van der Waals surface area contributed by atoms with Gasteiger partial charge in [0.05, 0.1) is 19.9 Å². The van der Waals surface area contributed by atoms with E-state index in [1.165, 1.54) is 148 Å². The van der Waals surface area contributed by atoms with Crippen LogP contribution in [0.3, 0.4) is 0 Å². The maximum absolute atomic E-state index is 13.2. The molecule has 10 nitrogen and oxygen atoms in total. The van der Waals surface area contributed by atoms with Gasteiger partial charge in [-0.15, -0.1) is 0 Å². The average Bonchev–Trinajstić information content (AvgIpc) is 3.14. The lowest BCUT2D eigenvalue weighted by Crippen LogP contribution is -2.24.